The van der Waals surface area contributed by atoms with E-state index in [1.54, 1.807) is 10.9 Å². The van der Waals surface area contributed by atoms with Crippen molar-refractivity contribution in [2.75, 3.05) is 39.3 Å². The molecule has 1 aromatic heterocycles. The number of piperidine rings is 1. The van der Waals surface area contributed by atoms with Crippen molar-refractivity contribution in [2.45, 2.75) is 44.6 Å². The Hall–Kier alpha value is -1.47. The largest absolute Gasteiger partial charge is 0.336 e. The predicted octanol–water partition coefficient (Wildman–Crippen LogP) is 2.08. The summed E-state index contributed by atoms with van der Waals surface area (Å²) in [4.78, 5) is 36.0. The third-order valence-electron chi connectivity index (χ3n) is 5.86. The maximum Gasteiger partial charge on any atom is 0.273 e. The minimum absolute atomic E-state index is 0.00333. The quantitative estimate of drug-likeness (QED) is 0.763. The van der Waals surface area contributed by atoms with Crippen molar-refractivity contribution in [1.29, 1.82) is 0 Å². The number of likely N-dealkylation sites (tertiary alicyclic amines) is 2. The SMILES string of the molecule is O=C(c1cscn1)N1CCC(N(CCN2CCCCC2)C(=O)C2CC2)C1. The lowest BCUT2D eigenvalue weighted by Crippen LogP contribution is -2.47. The van der Waals surface area contributed by atoms with E-state index >= 15 is 0 Å². The standard InChI is InChI=1S/C19H28N4O2S/c24-18(15-4-5-15)23(11-10-21-7-2-1-3-8-21)16-6-9-22(12-16)19(25)17-13-26-14-20-17/h13-16H,1-12H2. The second-order valence-corrected chi connectivity index (χ2v) is 8.49. The van der Waals surface area contributed by atoms with Crippen molar-refractivity contribution in [3.05, 3.63) is 16.6 Å². The van der Waals surface area contributed by atoms with E-state index in [0.29, 0.717) is 18.1 Å². The van der Waals surface area contributed by atoms with Gasteiger partial charge >= 0.3 is 0 Å². The Morgan fingerprint density at radius 3 is 2.65 bits per heavy atom. The van der Waals surface area contributed by atoms with Crippen LogP contribution in [0, 0.1) is 5.92 Å². The van der Waals surface area contributed by atoms with E-state index in [4.69, 9.17) is 0 Å². The third kappa shape index (κ3) is 4.09. The molecule has 7 heteroatoms. The first-order valence-electron chi connectivity index (χ1n) is 9.92. The zero-order valence-electron chi connectivity index (χ0n) is 15.3. The summed E-state index contributed by atoms with van der Waals surface area (Å²) in [6.45, 7) is 5.46. The normalized spacial score (nSPS) is 24.0. The fourth-order valence-corrected chi connectivity index (χ4v) is 4.66. The van der Waals surface area contributed by atoms with Crippen molar-refractivity contribution in [3.8, 4) is 0 Å². The molecule has 0 aromatic carbocycles. The Labute approximate surface area is 159 Å². The summed E-state index contributed by atoms with van der Waals surface area (Å²) >= 11 is 1.45. The molecule has 0 bridgehead atoms. The van der Waals surface area contributed by atoms with Gasteiger partial charge in [0.15, 0.2) is 0 Å². The molecule has 6 nitrogen and oxygen atoms in total. The number of amides is 2. The molecule has 1 atom stereocenters. The zero-order chi connectivity index (χ0) is 17.9. The van der Waals surface area contributed by atoms with Gasteiger partial charge in [-0.3, -0.25) is 9.59 Å². The number of aromatic nitrogens is 1. The van der Waals surface area contributed by atoms with Crippen LogP contribution < -0.4 is 0 Å². The first-order valence-corrected chi connectivity index (χ1v) is 10.9. The lowest BCUT2D eigenvalue weighted by atomic mass is 10.1. The predicted molar refractivity (Wildman–Crippen MR) is 101 cm³/mol. The van der Waals surface area contributed by atoms with Crippen LogP contribution in [0.15, 0.2) is 10.9 Å². The fraction of sp³-hybridized carbons (Fsp3) is 0.737. The number of thiazole rings is 1. The molecule has 2 saturated heterocycles. The van der Waals surface area contributed by atoms with E-state index in [1.165, 1.54) is 30.6 Å². The van der Waals surface area contributed by atoms with E-state index in [2.05, 4.69) is 14.8 Å². The maximum atomic E-state index is 12.9. The molecule has 3 aliphatic rings. The highest BCUT2D eigenvalue weighted by atomic mass is 32.1. The minimum Gasteiger partial charge on any atom is -0.336 e. The van der Waals surface area contributed by atoms with Crippen LogP contribution in [0.25, 0.3) is 0 Å². The monoisotopic (exact) mass is 376 g/mol. The van der Waals surface area contributed by atoms with Gasteiger partial charge in [-0.15, -0.1) is 11.3 Å². The summed E-state index contributed by atoms with van der Waals surface area (Å²) in [6.07, 6.45) is 6.83. The molecule has 3 heterocycles. The van der Waals surface area contributed by atoms with Crippen LogP contribution in [0.2, 0.25) is 0 Å². The molecular formula is C19H28N4O2S. The van der Waals surface area contributed by atoms with Crippen molar-refractivity contribution >= 4 is 23.2 Å². The highest BCUT2D eigenvalue weighted by Gasteiger charge is 2.39. The number of carbonyl (C=O) groups is 2. The average molecular weight is 377 g/mol. The van der Waals surface area contributed by atoms with E-state index in [1.807, 2.05) is 4.90 Å². The van der Waals surface area contributed by atoms with Crippen LogP contribution >= 0.6 is 11.3 Å². The van der Waals surface area contributed by atoms with Crippen LogP contribution in [-0.4, -0.2) is 76.8 Å². The molecule has 142 valence electrons. The average Bonchev–Trinajstić information content (AvgIpc) is 3.17. The molecule has 26 heavy (non-hydrogen) atoms. The summed E-state index contributed by atoms with van der Waals surface area (Å²) in [5, 5.41) is 1.80. The molecule has 4 rings (SSSR count). The van der Waals surface area contributed by atoms with Gasteiger partial charge in [-0.1, -0.05) is 6.42 Å². The lowest BCUT2D eigenvalue weighted by molar-refractivity contribution is -0.135. The smallest absolute Gasteiger partial charge is 0.273 e. The van der Waals surface area contributed by atoms with Gasteiger partial charge in [-0.25, -0.2) is 4.98 Å². The Bertz CT molecular complexity index is 625. The van der Waals surface area contributed by atoms with Crippen LogP contribution in [-0.2, 0) is 4.79 Å². The molecular weight excluding hydrogens is 348 g/mol. The Morgan fingerprint density at radius 2 is 1.96 bits per heavy atom. The number of carbonyl (C=O) groups excluding carboxylic acids is 2. The highest BCUT2D eigenvalue weighted by Crippen LogP contribution is 2.33. The van der Waals surface area contributed by atoms with Gasteiger partial charge in [-0.05, 0) is 45.2 Å². The summed E-state index contributed by atoms with van der Waals surface area (Å²) in [5.74, 6) is 0.554. The van der Waals surface area contributed by atoms with Gasteiger partial charge in [0.1, 0.15) is 5.69 Å². The highest BCUT2D eigenvalue weighted by molar-refractivity contribution is 7.07. The molecule has 0 radical (unpaired) electrons. The van der Waals surface area contributed by atoms with Crippen LogP contribution in [0.1, 0.15) is 49.0 Å². The molecule has 1 aromatic rings. The van der Waals surface area contributed by atoms with E-state index in [9.17, 15) is 9.59 Å². The van der Waals surface area contributed by atoms with Crippen molar-refractivity contribution in [3.63, 3.8) is 0 Å². The fourth-order valence-electron chi connectivity index (χ4n) is 4.13. The minimum atomic E-state index is 0.00333. The third-order valence-corrected chi connectivity index (χ3v) is 6.44. The van der Waals surface area contributed by atoms with Gasteiger partial charge in [0.25, 0.3) is 5.91 Å². The number of hydrogen-bond acceptors (Lipinski definition) is 5. The van der Waals surface area contributed by atoms with Gasteiger partial charge in [0.05, 0.1) is 11.6 Å². The lowest BCUT2D eigenvalue weighted by Gasteiger charge is -2.33. The van der Waals surface area contributed by atoms with Gasteiger partial charge in [-0.2, -0.15) is 0 Å². The number of nitrogens with zero attached hydrogens (tertiary/aromatic N) is 4. The number of rotatable bonds is 6. The molecule has 2 amide bonds. The molecule has 1 saturated carbocycles. The molecule has 1 aliphatic carbocycles. The molecule has 0 spiro atoms. The molecule has 3 fully saturated rings. The summed E-state index contributed by atoms with van der Waals surface area (Å²) in [5.41, 5.74) is 2.23. The number of hydrogen-bond donors (Lipinski definition) is 0. The Balaban J connectivity index is 1.37. The first-order chi connectivity index (χ1) is 12.7. The van der Waals surface area contributed by atoms with Gasteiger partial charge < -0.3 is 14.7 Å². The van der Waals surface area contributed by atoms with Crippen molar-refractivity contribution < 1.29 is 9.59 Å². The summed E-state index contributed by atoms with van der Waals surface area (Å²) < 4.78 is 0. The van der Waals surface area contributed by atoms with Crippen molar-refractivity contribution in [2.24, 2.45) is 5.92 Å². The zero-order valence-corrected chi connectivity index (χ0v) is 16.1. The van der Waals surface area contributed by atoms with E-state index < -0.39 is 0 Å². The second-order valence-electron chi connectivity index (χ2n) is 7.78. The Kier molecular flexibility index (Phi) is 5.55. The summed E-state index contributed by atoms with van der Waals surface area (Å²) in [6, 6.07) is 0.162. The van der Waals surface area contributed by atoms with Crippen LogP contribution in [0.3, 0.4) is 0 Å². The van der Waals surface area contributed by atoms with Gasteiger partial charge in [0, 0.05) is 37.5 Å². The maximum absolute atomic E-state index is 12.9. The molecule has 0 N–H and O–H groups in total. The van der Waals surface area contributed by atoms with Crippen molar-refractivity contribution in [1.82, 2.24) is 19.7 Å². The van der Waals surface area contributed by atoms with Crippen LogP contribution in [0.5, 0.6) is 0 Å². The summed E-state index contributed by atoms with van der Waals surface area (Å²) in [7, 11) is 0. The van der Waals surface area contributed by atoms with E-state index in [0.717, 1.165) is 52.0 Å². The topological polar surface area (TPSA) is 56.8 Å². The first kappa shape index (κ1) is 17.9. The van der Waals surface area contributed by atoms with Gasteiger partial charge in [0.2, 0.25) is 5.91 Å². The van der Waals surface area contributed by atoms with Crippen LogP contribution in [0.4, 0.5) is 0 Å². The van der Waals surface area contributed by atoms with E-state index in [-0.39, 0.29) is 17.9 Å². The Morgan fingerprint density at radius 1 is 1.15 bits per heavy atom. The second kappa shape index (κ2) is 8.05. The molecule has 1 unspecified atom stereocenters. The molecule has 2 aliphatic heterocycles.